The quantitative estimate of drug-likeness (QED) is 0.799. The van der Waals surface area contributed by atoms with Crippen molar-refractivity contribution in [3.05, 3.63) is 51.6 Å². The Bertz CT molecular complexity index is 745. The Kier molecular flexibility index (Phi) is 5.94. The SMILES string of the molecule is Cc1noc(C)c1CCC(=O)N1CCN(Cc2c(F)cccc2Cl)CC1. The molecule has 1 aliphatic heterocycles. The molecule has 0 aliphatic carbocycles. The number of amides is 1. The first-order valence-corrected chi connectivity index (χ1v) is 9.18. The lowest BCUT2D eigenvalue weighted by Crippen LogP contribution is -2.48. The molecule has 0 atom stereocenters. The van der Waals surface area contributed by atoms with E-state index in [9.17, 15) is 9.18 Å². The van der Waals surface area contributed by atoms with Gasteiger partial charge in [0.2, 0.25) is 5.91 Å². The van der Waals surface area contributed by atoms with Crippen molar-refractivity contribution < 1.29 is 13.7 Å². The first-order valence-electron chi connectivity index (χ1n) is 8.80. The van der Waals surface area contributed by atoms with E-state index in [1.165, 1.54) is 6.07 Å². The molecule has 140 valence electrons. The van der Waals surface area contributed by atoms with Gasteiger partial charge in [0.05, 0.1) is 5.69 Å². The van der Waals surface area contributed by atoms with Crippen LogP contribution in [0.2, 0.25) is 5.02 Å². The number of nitrogens with zero attached hydrogens (tertiary/aromatic N) is 3. The third-order valence-corrected chi connectivity index (χ3v) is 5.29. The molecule has 0 saturated carbocycles. The van der Waals surface area contributed by atoms with E-state index in [1.54, 1.807) is 12.1 Å². The third-order valence-electron chi connectivity index (χ3n) is 4.94. The van der Waals surface area contributed by atoms with E-state index in [2.05, 4.69) is 10.1 Å². The van der Waals surface area contributed by atoms with E-state index < -0.39 is 0 Å². The van der Waals surface area contributed by atoms with Crippen molar-refractivity contribution in [2.75, 3.05) is 26.2 Å². The van der Waals surface area contributed by atoms with Gasteiger partial charge >= 0.3 is 0 Å². The van der Waals surface area contributed by atoms with Crippen LogP contribution in [0.1, 0.15) is 29.0 Å². The van der Waals surface area contributed by atoms with Crippen LogP contribution >= 0.6 is 11.6 Å². The summed E-state index contributed by atoms with van der Waals surface area (Å²) in [5.74, 6) is 0.630. The molecule has 1 aromatic heterocycles. The van der Waals surface area contributed by atoms with Crippen LogP contribution in [0.3, 0.4) is 0 Å². The normalized spacial score (nSPS) is 15.5. The molecule has 2 aromatic rings. The van der Waals surface area contributed by atoms with E-state index in [1.807, 2.05) is 18.7 Å². The van der Waals surface area contributed by atoms with Crippen molar-refractivity contribution in [3.63, 3.8) is 0 Å². The molecule has 0 unspecified atom stereocenters. The Morgan fingerprint density at radius 3 is 2.58 bits per heavy atom. The van der Waals surface area contributed by atoms with Crippen LogP contribution in [0.25, 0.3) is 0 Å². The molecule has 5 nitrogen and oxygen atoms in total. The number of carbonyl (C=O) groups is 1. The molecule has 0 radical (unpaired) electrons. The molecular weight excluding hydrogens is 357 g/mol. The lowest BCUT2D eigenvalue weighted by molar-refractivity contribution is -0.133. The predicted molar refractivity (Wildman–Crippen MR) is 97.6 cm³/mol. The second-order valence-corrected chi connectivity index (χ2v) is 7.07. The maximum absolute atomic E-state index is 13.9. The van der Waals surface area contributed by atoms with Gasteiger partial charge in [-0.3, -0.25) is 9.69 Å². The van der Waals surface area contributed by atoms with Crippen molar-refractivity contribution >= 4 is 17.5 Å². The summed E-state index contributed by atoms with van der Waals surface area (Å²) in [6.07, 6.45) is 1.09. The largest absolute Gasteiger partial charge is 0.361 e. The number of rotatable bonds is 5. The van der Waals surface area contributed by atoms with Gasteiger partial charge in [-0.1, -0.05) is 22.8 Å². The van der Waals surface area contributed by atoms with Crippen molar-refractivity contribution in [1.82, 2.24) is 15.0 Å². The highest BCUT2D eigenvalue weighted by molar-refractivity contribution is 6.31. The van der Waals surface area contributed by atoms with Gasteiger partial charge in [-0.25, -0.2) is 4.39 Å². The van der Waals surface area contributed by atoms with E-state index >= 15 is 0 Å². The minimum absolute atomic E-state index is 0.133. The van der Waals surface area contributed by atoms with Crippen LogP contribution in [-0.4, -0.2) is 47.0 Å². The van der Waals surface area contributed by atoms with Crippen molar-refractivity contribution in [1.29, 1.82) is 0 Å². The Morgan fingerprint density at radius 2 is 1.96 bits per heavy atom. The molecule has 1 fully saturated rings. The van der Waals surface area contributed by atoms with Crippen LogP contribution in [0, 0.1) is 19.7 Å². The number of halogens is 2. The van der Waals surface area contributed by atoms with Crippen LogP contribution in [0.4, 0.5) is 4.39 Å². The lowest BCUT2D eigenvalue weighted by atomic mass is 10.1. The van der Waals surface area contributed by atoms with Crippen LogP contribution in [0.5, 0.6) is 0 Å². The standard InChI is InChI=1S/C19H23ClFN3O2/c1-13-15(14(2)26-22-13)6-7-19(25)24-10-8-23(9-11-24)12-16-17(20)4-3-5-18(16)21/h3-5H,6-12H2,1-2H3. The number of aromatic nitrogens is 1. The lowest BCUT2D eigenvalue weighted by Gasteiger charge is -2.35. The molecule has 7 heteroatoms. The summed E-state index contributed by atoms with van der Waals surface area (Å²) >= 11 is 6.10. The fourth-order valence-electron chi connectivity index (χ4n) is 3.31. The van der Waals surface area contributed by atoms with E-state index in [0.717, 1.165) is 17.0 Å². The molecule has 0 bridgehead atoms. The average Bonchev–Trinajstić information content (AvgIpc) is 2.95. The van der Waals surface area contributed by atoms with Gasteiger partial charge in [-0.2, -0.15) is 0 Å². The molecule has 0 N–H and O–H groups in total. The third kappa shape index (κ3) is 4.24. The molecule has 2 heterocycles. The van der Waals surface area contributed by atoms with Gasteiger partial charge in [-0.15, -0.1) is 0 Å². The zero-order chi connectivity index (χ0) is 18.7. The van der Waals surface area contributed by atoms with Crippen LogP contribution in [0.15, 0.2) is 22.7 Å². The highest BCUT2D eigenvalue weighted by Gasteiger charge is 2.23. The van der Waals surface area contributed by atoms with Crippen LogP contribution in [-0.2, 0) is 17.8 Å². The van der Waals surface area contributed by atoms with E-state index in [0.29, 0.717) is 56.2 Å². The van der Waals surface area contributed by atoms with Crippen molar-refractivity contribution in [2.45, 2.75) is 33.2 Å². The van der Waals surface area contributed by atoms with Crippen LogP contribution < -0.4 is 0 Å². The molecule has 1 aliphatic rings. The van der Waals surface area contributed by atoms with Crippen molar-refractivity contribution in [2.24, 2.45) is 0 Å². The van der Waals surface area contributed by atoms with Gasteiger partial charge < -0.3 is 9.42 Å². The zero-order valence-corrected chi connectivity index (χ0v) is 15.9. The summed E-state index contributed by atoms with van der Waals surface area (Å²) in [5.41, 5.74) is 2.39. The average molecular weight is 380 g/mol. The number of aryl methyl sites for hydroxylation is 2. The van der Waals surface area contributed by atoms with E-state index in [-0.39, 0.29) is 11.7 Å². The van der Waals surface area contributed by atoms with E-state index in [4.69, 9.17) is 16.1 Å². The van der Waals surface area contributed by atoms with Crippen molar-refractivity contribution in [3.8, 4) is 0 Å². The highest BCUT2D eigenvalue weighted by Crippen LogP contribution is 2.21. The summed E-state index contributed by atoms with van der Waals surface area (Å²) in [7, 11) is 0. The Morgan fingerprint density at radius 1 is 1.23 bits per heavy atom. The van der Waals surface area contributed by atoms with Gasteiger partial charge in [0.1, 0.15) is 11.6 Å². The summed E-state index contributed by atoms with van der Waals surface area (Å²) < 4.78 is 19.1. The Hall–Kier alpha value is -1.92. The molecule has 3 rings (SSSR count). The number of benzene rings is 1. The van der Waals surface area contributed by atoms with Gasteiger partial charge in [0, 0.05) is 55.3 Å². The van der Waals surface area contributed by atoms with Gasteiger partial charge in [0.15, 0.2) is 0 Å². The molecule has 26 heavy (non-hydrogen) atoms. The number of hydrogen-bond donors (Lipinski definition) is 0. The smallest absolute Gasteiger partial charge is 0.222 e. The predicted octanol–water partition coefficient (Wildman–Crippen LogP) is 3.36. The number of piperazine rings is 1. The second kappa shape index (κ2) is 8.18. The minimum Gasteiger partial charge on any atom is -0.361 e. The summed E-state index contributed by atoms with van der Waals surface area (Å²) in [4.78, 5) is 16.5. The maximum atomic E-state index is 13.9. The fraction of sp³-hybridized carbons (Fsp3) is 0.474. The first kappa shape index (κ1) is 18.9. The topological polar surface area (TPSA) is 49.6 Å². The molecule has 0 spiro atoms. The molecule has 1 saturated heterocycles. The second-order valence-electron chi connectivity index (χ2n) is 6.66. The number of carbonyl (C=O) groups excluding carboxylic acids is 1. The van der Waals surface area contributed by atoms with Gasteiger partial charge in [0.25, 0.3) is 0 Å². The number of hydrogen-bond acceptors (Lipinski definition) is 4. The minimum atomic E-state index is -0.282. The zero-order valence-electron chi connectivity index (χ0n) is 15.1. The summed E-state index contributed by atoms with van der Waals surface area (Å²) in [5, 5.41) is 4.37. The highest BCUT2D eigenvalue weighted by atomic mass is 35.5. The van der Waals surface area contributed by atoms with Gasteiger partial charge in [-0.05, 0) is 32.4 Å². The first-order chi connectivity index (χ1) is 12.5. The maximum Gasteiger partial charge on any atom is 0.222 e. The monoisotopic (exact) mass is 379 g/mol. The Labute approximate surface area is 157 Å². The molecular formula is C19H23ClFN3O2. The molecule has 1 aromatic carbocycles. The molecule has 1 amide bonds. The summed E-state index contributed by atoms with van der Waals surface area (Å²) in [6, 6.07) is 4.74. The fourth-order valence-corrected chi connectivity index (χ4v) is 3.53. The summed E-state index contributed by atoms with van der Waals surface area (Å²) in [6.45, 7) is 6.93. The Balaban J connectivity index is 1.49.